The molecule has 8 nitrogen and oxygen atoms in total. The van der Waals surface area contributed by atoms with Crippen LogP contribution >= 0.6 is 11.6 Å². The summed E-state index contributed by atoms with van der Waals surface area (Å²) in [4.78, 5) is 26.7. The molecule has 0 saturated carbocycles. The number of H-pyrrole nitrogens is 1. The van der Waals surface area contributed by atoms with Crippen molar-refractivity contribution in [3.8, 4) is 11.4 Å². The fourth-order valence-electron chi connectivity index (χ4n) is 2.69. The van der Waals surface area contributed by atoms with Gasteiger partial charge in [-0.3, -0.25) is 15.4 Å². The van der Waals surface area contributed by atoms with Crippen LogP contribution in [0.15, 0.2) is 36.7 Å². The van der Waals surface area contributed by atoms with E-state index in [1.807, 2.05) is 18.2 Å². The minimum absolute atomic E-state index is 0.233. The van der Waals surface area contributed by atoms with E-state index in [1.54, 1.807) is 23.4 Å². The Morgan fingerprint density at radius 3 is 2.88 bits per heavy atom. The van der Waals surface area contributed by atoms with E-state index in [-0.39, 0.29) is 12.0 Å². The number of hydrogen-bond acceptors (Lipinski definition) is 5. The lowest BCUT2D eigenvalue weighted by atomic mass is 10.1. The summed E-state index contributed by atoms with van der Waals surface area (Å²) in [5, 5.41) is 10.0. The Morgan fingerprint density at radius 1 is 1.20 bits per heavy atom. The summed E-state index contributed by atoms with van der Waals surface area (Å²) in [5.74, 6) is 0.803. The maximum absolute atomic E-state index is 12.5. The zero-order valence-corrected chi connectivity index (χ0v) is 13.9. The summed E-state index contributed by atoms with van der Waals surface area (Å²) in [6.07, 6.45) is 4.00. The number of anilines is 1. The topological polar surface area (TPSA) is 99.7 Å². The summed E-state index contributed by atoms with van der Waals surface area (Å²) < 4.78 is 0. The Hall–Kier alpha value is -3.00. The number of aromatic amines is 1. The van der Waals surface area contributed by atoms with Gasteiger partial charge in [-0.2, -0.15) is 4.98 Å². The zero-order valence-electron chi connectivity index (χ0n) is 13.1. The number of fused-ring (bicyclic) bond motifs is 1. The first-order valence-corrected chi connectivity index (χ1v) is 8.10. The number of hydrogen-bond donors (Lipinski definition) is 2. The number of rotatable bonds is 2. The van der Waals surface area contributed by atoms with E-state index in [4.69, 9.17) is 11.6 Å². The number of aromatic nitrogens is 5. The molecule has 1 aliphatic rings. The lowest BCUT2D eigenvalue weighted by molar-refractivity contribution is 0.205. The highest BCUT2D eigenvalue weighted by Gasteiger charge is 2.22. The van der Waals surface area contributed by atoms with Gasteiger partial charge >= 0.3 is 6.03 Å². The van der Waals surface area contributed by atoms with Crippen LogP contribution in [-0.4, -0.2) is 42.6 Å². The summed E-state index contributed by atoms with van der Waals surface area (Å²) in [5.41, 5.74) is 2.78. The quantitative estimate of drug-likeness (QED) is 0.688. The SMILES string of the molecule is O=C(Nc1n[nH]c(-c2ccncc2)n1)N1CCc2nc(Cl)ccc2C1. The van der Waals surface area contributed by atoms with Crippen LogP contribution in [0, 0.1) is 0 Å². The lowest BCUT2D eigenvalue weighted by Crippen LogP contribution is -2.39. The molecule has 0 bridgehead atoms. The molecule has 9 heteroatoms. The monoisotopic (exact) mass is 355 g/mol. The number of amides is 2. The molecule has 4 heterocycles. The molecule has 1 aliphatic heterocycles. The summed E-state index contributed by atoms with van der Waals surface area (Å²) >= 11 is 5.91. The summed E-state index contributed by atoms with van der Waals surface area (Å²) in [6.45, 7) is 1.04. The first kappa shape index (κ1) is 15.5. The van der Waals surface area contributed by atoms with Crippen LogP contribution in [0.3, 0.4) is 0 Å². The molecule has 0 aliphatic carbocycles. The molecule has 0 spiro atoms. The fraction of sp³-hybridized carbons (Fsp3) is 0.188. The Balaban J connectivity index is 1.44. The molecule has 2 amide bonds. The fourth-order valence-corrected chi connectivity index (χ4v) is 2.86. The second-order valence-electron chi connectivity index (χ2n) is 5.59. The number of nitrogens with zero attached hydrogens (tertiary/aromatic N) is 5. The molecule has 3 aromatic heterocycles. The number of halogens is 1. The smallest absolute Gasteiger partial charge is 0.320 e. The van der Waals surface area contributed by atoms with Crippen molar-refractivity contribution in [2.75, 3.05) is 11.9 Å². The third-order valence-electron chi connectivity index (χ3n) is 3.96. The van der Waals surface area contributed by atoms with Crippen LogP contribution in [0.1, 0.15) is 11.3 Å². The van der Waals surface area contributed by atoms with Crippen molar-refractivity contribution in [1.29, 1.82) is 0 Å². The number of pyridine rings is 2. The molecule has 0 fully saturated rings. The Labute approximate surface area is 148 Å². The van der Waals surface area contributed by atoms with Crippen LogP contribution < -0.4 is 5.32 Å². The maximum atomic E-state index is 12.5. The third-order valence-corrected chi connectivity index (χ3v) is 4.17. The molecule has 0 unspecified atom stereocenters. The molecule has 2 N–H and O–H groups in total. The van der Waals surface area contributed by atoms with E-state index < -0.39 is 0 Å². The molecular weight excluding hydrogens is 342 g/mol. The molecular formula is C16H14ClN7O. The second kappa shape index (κ2) is 6.48. The normalized spacial score (nSPS) is 13.4. The van der Waals surface area contributed by atoms with Crippen LogP contribution in [0.5, 0.6) is 0 Å². The van der Waals surface area contributed by atoms with Gasteiger partial charge < -0.3 is 4.90 Å². The van der Waals surface area contributed by atoms with Crippen molar-refractivity contribution in [2.24, 2.45) is 0 Å². The van der Waals surface area contributed by atoms with Crippen LogP contribution in [0.25, 0.3) is 11.4 Å². The Kier molecular flexibility index (Phi) is 4.02. The van der Waals surface area contributed by atoms with Gasteiger partial charge in [0.1, 0.15) is 5.15 Å². The second-order valence-corrected chi connectivity index (χ2v) is 5.97. The molecule has 3 aromatic rings. The third kappa shape index (κ3) is 3.29. The van der Waals surface area contributed by atoms with Gasteiger partial charge in [-0.05, 0) is 23.8 Å². The standard InChI is InChI=1S/C16H14ClN7O/c17-13-2-1-11-9-24(8-5-12(11)19-13)16(25)21-15-20-14(22-23-15)10-3-6-18-7-4-10/h1-4,6-7H,5,8-9H2,(H2,20,21,22,23,25). The number of carbonyl (C=O) groups excluding carboxylic acids is 1. The van der Waals surface area contributed by atoms with Gasteiger partial charge in [0.2, 0.25) is 5.95 Å². The Morgan fingerprint density at radius 2 is 2.04 bits per heavy atom. The number of nitrogens with one attached hydrogen (secondary N) is 2. The predicted molar refractivity (Wildman–Crippen MR) is 92.0 cm³/mol. The summed E-state index contributed by atoms with van der Waals surface area (Å²) in [7, 11) is 0. The molecule has 0 atom stereocenters. The van der Waals surface area contributed by atoms with Gasteiger partial charge in [-0.1, -0.05) is 17.7 Å². The van der Waals surface area contributed by atoms with Crippen LogP contribution in [0.4, 0.5) is 10.7 Å². The lowest BCUT2D eigenvalue weighted by Gasteiger charge is -2.27. The molecule has 4 rings (SSSR count). The molecule has 126 valence electrons. The van der Waals surface area contributed by atoms with Gasteiger partial charge in [0.25, 0.3) is 0 Å². The summed E-state index contributed by atoms with van der Waals surface area (Å²) in [6, 6.07) is 7.01. The average molecular weight is 356 g/mol. The van der Waals surface area contributed by atoms with E-state index in [0.717, 1.165) is 16.8 Å². The molecule has 0 radical (unpaired) electrons. The highest BCUT2D eigenvalue weighted by molar-refractivity contribution is 6.29. The molecule has 0 aromatic carbocycles. The van der Waals surface area contributed by atoms with Gasteiger partial charge in [-0.15, -0.1) is 5.10 Å². The van der Waals surface area contributed by atoms with E-state index in [1.165, 1.54) is 0 Å². The first-order chi connectivity index (χ1) is 12.2. The van der Waals surface area contributed by atoms with Crippen molar-refractivity contribution in [3.63, 3.8) is 0 Å². The maximum Gasteiger partial charge on any atom is 0.324 e. The van der Waals surface area contributed by atoms with Crippen LogP contribution in [0.2, 0.25) is 5.15 Å². The average Bonchev–Trinajstić information content (AvgIpc) is 3.10. The predicted octanol–water partition coefficient (Wildman–Crippen LogP) is 2.51. The van der Waals surface area contributed by atoms with E-state index in [0.29, 0.717) is 30.5 Å². The highest BCUT2D eigenvalue weighted by atomic mass is 35.5. The zero-order chi connectivity index (χ0) is 17.2. The van der Waals surface area contributed by atoms with Crippen molar-refractivity contribution >= 4 is 23.6 Å². The van der Waals surface area contributed by atoms with Gasteiger partial charge in [0.05, 0.1) is 0 Å². The van der Waals surface area contributed by atoms with Crippen molar-refractivity contribution < 1.29 is 4.79 Å². The van der Waals surface area contributed by atoms with Gasteiger partial charge in [0, 0.05) is 43.2 Å². The van der Waals surface area contributed by atoms with Crippen molar-refractivity contribution in [3.05, 3.63) is 53.1 Å². The minimum atomic E-state index is -0.249. The largest absolute Gasteiger partial charge is 0.324 e. The van der Waals surface area contributed by atoms with Crippen molar-refractivity contribution in [1.82, 2.24) is 30.0 Å². The van der Waals surface area contributed by atoms with E-state index >= 15 is 0 Å². The van der Waals surface area contributed by atoms with Crippen molar-refractivity contribution in [2.45, 2.75) is 13.0 Å². The van der Waals surface area contributed by atoms with E-state index in [2.05, 4.69) is 30.5 Å². The minimum Gasteiger partial charge on any atom is -0.320 e. The first-order valence-electron chi connectivity index (χ1n) is 7.72. The number of carbonyl (C=O) groups is 1. The van der Waals surface area contributed by atoms with Gasteiger partial charge in [0.15, 0.2) is 5.82 Å². The molecule has 0 saturated heterocycles. The number of urea groups is 1. The molecule has 25 heavy (non-hydrogen) atoms. The highest BCUT2D eigenvalue weighted by Crippen LogP contribution is 2.20. The van der Waals surface area contributed by atoms with Crippen LogP contribution in [-0.2, 0) is 13.0 Å². The van der Waals surface area contributed by atoms with E-state index in [9.17, 15) is 4.79 Å². The Bertz CT molecular complexity index is 912. The van der Waals surface area contributed by atoms with Gasteiger partial charge in [-0.25, -0.2) is 9.78 Å².